The first-order valence-electron chi connectivity index (χ1n) is 9.50. The molecule has 3 aromatic carbocycles. The highest BCUT2D eigenvalue weighted by atomic mass is 35.5. The number of amidine groups is 1. The van der Waals surface area contributed by atoms with E-state index in [-0.39, 0.29) is 0 Å². The van der Waals surface area contributed by atoms with Crippen molar-refractivity contribution in [2.24, 2.45) is 4.99 Å². The minimum Gasteiger partial charge on any atom is -0.489 e. The molecule has 0 fully saturated rings. The van der Waals surface area contributed by atoms with Gasteiger partial charge in [-0.1, -0.05) is 53.5 Å². The van der Waals surface area contributed by atoms with E-state index in [9.17, 15) is 0 Å². The van der Waals surface area contributed by atoms with Gasteiger partial charge >= 0.3 is 0 Å². The van der Waals surface area contributed by atoms with E-state index in [0.29, 0.717) is 16.7 Å². The summed E-state index contributed by atoms with van der Waals surface area (Å²) in [5, 5.41) is 1.22. The van der Waals surface area contributed by atoms with Crippen molar-refractivity contribution in [3.63, 3.8) is 0 Å². The van der Waals surface area contributed by atoms with Gasteiger partial charge < -0.3 is 9.64 Å². The van der Waals surface area contributed by atoms with E-state index in [4.69, 9.17) is 32.9 Å². The number of fused-ring (bicyclic) bond motifs is 3. The zero-order valence-corrected chi connectivity index (χ0v) is 17.1. The minimum atomic E-state index is 0.330. The van der Waals surface area contributed by atoms with Crippen molar-refractivity contribution in [2.75, 3.05) is 13.1 Å². The van der Waals surface area contributed by atoms with Gasteiger partial charge in [-0.3, -0.25) is 4.99 Å². The number of benzene rings is 3. The Balaban J connectivity index is 1.39. The van der Waals surface area contributed by atoms with E-state index in [1.807, 2.05) is 30.3 Å². The molecule has 0 saturated carbocycles. The molecule has 0 unspecified atom stereocenters. The first kappa shape index (κ1) is 18.3. The van der Waals surface area contributed by atoms with Gasteiger partial charge in [0.2, 0.25) is 0 Å². The second-order valence-corrected chi connectivity index (χ2v) is 7.80. The summed E-state index contributed by atoms with van der Waals surface area (Å²) in [6, 6.07) is 22.0. The summed E-state index contributed by atoms with van der Waals surface area (Å²) in [5.74, 6) is 1.84. The van der Waals surface area contributed by atoms with Gasteiger partial charge in [-0.05, 0) is 53.6 Å². The lowest BCUT2D eigenvalue weighted by Crippen LogP contribution is -2.30. The van der Waals surface area contributed by atoms with E-state index in [1.165, 1.54) is 16.8 Å². The topological polar surface area (TPSA) is 24.8 Å². The molecule has 0 N–H and O–H groups in total. The van der Waals surface area contributed by atoms with Crippen LogP contribution in [0.25, 0.3) is 11.8 Å². The molecule has 0 spiro atoms. The van der Waals surface area contributed by atoms with Gasteiger partial charge in [0.15, 0.2) is 0 Å². The molecule has 0 bridgehead atoms. The van der Waals surface area contributed by atoms with Crippen LogP contribution in [-0.2, 0) is 6.61 Å². The molecule has 0 saturated heterocycles. The lowest BCUT2D eigenvalue weighted by Gasteiger charge is -2.29. The zero-order valence-electron chi connectivity index (χ0n) is 15.6. The predicted molar refractivity (Wildman–Crippen MR) is 120 cm³/mol. The molecule has 5 rings (SSSR count). The summed E-state index contributed by atoms with van der Waals surface area (Å²) >= 11 is 12.5. The number of rotatable bonds is 4. The molecule has 29 heavy (non-hydrogen) atoms. The standard InChI is InChI=1S/C24H18Cl2N2O/c25-21-6-3-7-22(26)20(21)15-29-18-10-8-16(9-11-18)23-14-17-4-1-2-5-19(17)24-27-12-13-28(23)24/h1-11,14H,12-13,15H2. The predicted octanol–water partition coefficient (Wildman–Crippen LogP) is 6.15. The third-order valence-electron chi connectivity index (χ3n) is 5.22. The fraction of sp³-hybridized carbons (Fsp3) is 0.125. The molecule has 0 radical (unpaired) electrons. The lowest BCUT2D eigenvalue weighted by atomic mass is 9.97. The fourth-order valence-electron chi connectivity index (χ4n) is 3.75. The van der Waals surface area contributed by atoms with Crippen LogP contribution in [0.2, 0.25) is 10.0 Å². The van der Waals surface area contributed by atoms with Crippen molar-refractivity contribution >= 4 is 40.8 Å². The monoisotopic (exact) mass is 420 g/mol. The summed E-state index contributed by atoms with van der Waals surface area (Å²) in [5.41, 5.74) is 5.50. The van der Waals surface area contributed by atoms with Crippen LogP contribution in [-0.4, -0.2) is 23.8 Å². The van der Waals surface area contributed by atoms with Gasteiger partial charge in [-0.2, -0.15) is 0 Å². The summed E-state index contributed by atoms with van der Waals surface area (Å²) in [6.45, 7) is 2.05. The Morgan fingerprint density at radius 3 is 2.45 bits per heavy atom. The fourth-order valence-corrected chi connectivity index (χ4v) is 4.26. The highest BCUT2D eigenvalue weighted by molar-refractivity contribution is 6.35. The van der Waals surface area contributed by atoms with Crippen LogP contribution in [0.5, 0.6) is 5.75 Å². The summed E-state index contributed by atoms with van der Waals surface area (Å²) < 4.78 is 5.91. The van der Waals surface area contributed by atoms with Crippen LogP contribution in [0.3, 0.4) is 0 Å². The Morgan fingerprint density at radius 1 is 0.897 bits per heavy atom. The maximum Gasteiger partial charge on any atom is 0.136 e. The summed E-state index contributed by atoms with van der Waals surface area (Å²) in [6.07, 6.45) is 2.24. The van der Waals surface area contributed by atoms with E-state index < -0.39 is 0 Å². The van der Waals surface area contributed by atoms with Crippen molar-refractivity contribution < 1.29 is 4.74 Å². The molecule has 0 aromatic heterocycles. The number of hydrogen-bond acceptors (Lipinski definition) is 3. The van der Waals surface area contributed by atoms with E-state index in [1.54, 1.807) is 0 Å². The maximum atomic E-state index is 6.23. The highest BCUT2D eigenvalue weighted by Crippen LogP contribution is 2.34. The largest absolute Gasteiger partial charge is 0.489 e. The molecule has 3 aromatic rings. The van der Waals surface area contributed by atoms with Crippen LogP contribution >= 0.6 is 23.2 Å². The van der Waals surface area contributed by atoms with Crippen LogP contribution in [0.15, 0.2) is 71.7 Å². The van der Waals surface area contributed by atoms with Gasteiger partial charge in [0.05, 0.1) is 12.2 Å². The first-order valence-corrected chi connectivity index (χ1v) is 10.3. The molecule has 0 amide bonds. The van der Waals surface area contributed by atoms with Crippen molar-refractivity contribution in [1.29, 1.82) is 0 Å². The molecule has 144 valence electrons. The average Bonchev–Trinajstić information content (AvgIpc) is 3.24. The van der Waals surface area contributed by atoms with Gasteiger partial charge in [0.25, 0.3) is 0 Å². The zero-order chi connectivity index (χ0) is 19.8. The van der Waals surface area contributed by atoms with Crippen LogP contribution in [0.1, 0.15) is 22.3 Å². The van der Waals surface area contributed by atoms with Gasteiger partial charge in [-0.25, -0.2) is 0 Å². The highest BCUT2D eigenvalue weighted by Gasteiger charge is 2.28. The Labute approximate surface area is 179 Å². The van der Waals surface area contributed by atoms with Crippen molar-refractivity contribution in [2.45, 2.75) is 6.61 Å². The van der Waals surface area contributed by atoms with E-state index in [2.05, 4.69) is 47.4 Å². The van der Waals surface area contributed by atoms with Gasteiger partial charge in [0.1, 0.15) is 18.2 Å². The minimum absolute atomic E-state index is 0.330. The molecule has 0 aliphatic carbocycles. The number of ether oxygens (including phenoxy) is 1. The Kier molecular flexibility index (Phi) is 4.78. The Hall–Kier alpha value is -2.75. The number of halogens is 2. The maximum absolute atomic E-state index is 6.23. The van der Waals surface area contributed by atoms with Gasteiger partial charge in [0, 0.05) is 27.7 Å². The Morgan fingerprint density at radius 2 is 1.66 bits per heavy atom. The van der Waals surface area contributed by atoms with Crippen LogP contribution in [0.4, 0.5) is 0 Å². The molecule has 2 heterocycles. The van der Waals surface area contributed by atoms with Crippen LogP contribution < -0.4 is 4.74 Å². The Bertz CT molecular complexity index is 1120. The van der Waals surface area contributed by atoms with Crippen molar-refractivity contribution in [1.82, 2.24) is 4.90 Å². The molecule has 2 aliphatic heterocycles. The molecule has 5 heteroatoms. The lowest BCUT2D eigenvalue weighted by molar-refractivity contribution is 0.306. The quantitative estimate of drug-likeness (QED) is 0.505. The summed E-state index contributed by atoms with van der Waals surface area (Å²) in [4.78, 5) is 7.02. The second kappa shape index (κ2) is 7.58. The summed E-state index contributed by atoms with van der Waals surface area (Å²) in [7, 11) is 0. The molecular weight excluding hydrogens is 403 g/mol. The molecule has 3 nitrogen and oxygen atoms in total. The SMILES string of the molecule is Clc1cccc(Cl)c1COc1ccc(C2=Cc3ccccc3C3=NCCN23)cc1. The van der Waals surface area contributed by atoms with Crippen LogP contribution in [0, 0.1) is 0 Å². The first-order chi connectivity index (χ1) is 14.2. The van der Waals surface area contributed by atoms with Crippen molar-refractivity contribution in [3.05, 3.63) is 99.0 Å². The normalized spacial score (nSPS) is 14.8. The number of aliphatic imine (C=N–C) groups is 1. The molecular formula is C24H18Cl2N2O. The smallest absolute Gasteiger partial charge is 0.136 e. The number of hydrogen-bond donors (Lipinski definition) is 0. The molecule has 2 aliphatic rings. The third kappa shape index (κ3) is 3.41. The third-order valence-corrected chi connectivity index (χ3v) is 5.93. The van der Waals surface area contributed by atoms with E-state index >= 15 is 0 Å². The second-order valence-electron chi connectivity index (χ2n) is 6.99. The van der Waals surface area contributed by atoms with Crippen molar-refractivity contribution in [3.8, 4) is 5.75 Å². The molecule has 0 atom stereocenters. The number of nitrogens with zero attached hydrogens (tertiary/aromatic N) is 2. The van der Waals surface area contributed by atoms with Gasteiger partial charge in [-0.15, -0.1) is 0 Å². The average molecular weight is 421 g/mol. The van der Waals surface area contributed by atoms with E-state index in [0.717, 1.165) is 35.8 Å².